The number of amidine groups is 1. The molecule has 18 heavy (non-hydrogen) atoms. The fourth-order valence-electron chi connectivity index (χ4n) is 1.54. The topological polar surface area (TPSA) is 62.2 Å². The lowest BCUT2D eigenvalue weighted by Crippen LogP contribution is -2.18. The molecule has 0 unspecified atom stereocenters. The number of carbonyl (C=O) groups excluding carboxylic acids is 1. The van der Waals surface area contributed by atoms with E-state index in [1.165, 1.54) is 0 Å². The van der Waals surface area contributed by atoms with Crippen LogP contribution in [0.5, 0.6) is 5.75 Å². The summed E-state index contributed by atoms with van der Waals surface area (Å²) in [6.45, 7) is 3.91. The van der Waals surface area contributed by atoms with Gasteiger partial charge in [-0.2, -0.15) is 0 Å². The van der Waals surface area contributed by atoms with Gasteiger partial charge in [0, 0.05) is 5.56 Å². The Kier molecular flexibility index (Phi) is 3.72. The summed E-state index contributed by atoms with van der Waals surface area (Å²) in [4.78, 5) is 12.1. The predicted octanol–water partition coefficient (Wildman–Crippen LogP) is 2.61. The van der Waals surface area contributed by atoms with E-state index in [2.05, 4.69) is 5.32 Å². The molecule has 1 aromatic carbocycles. The minimum absolute atomic E-state index is 0.0768. The quantitative estimate of drug-likeness (QED) is 0.823. The van der Waals surface area contributed by atoms with Crippen molar-refractivity contribution in [1.29, 1.82) is 5.41 Å². The van der Waals surface area contributed by atoms with Gasteiger partial charge in [-0.15, -0.1) is 0 Å². The van der Waals surface area contributed by atoms with Crippen LogP contribution in [-0.2, 0) is 4.79 Å². The second kappa shape index (κ2) is 5.27. The van der Waals surface area contributed by atoms with E-state index in [9.17, 15) is 4.79 Å². The van der Waals surface area contributed by atoms with Crippen molar-refractivity contribution in [2.24, 2.45) is 0 Å². The minimum Gasteiger partial charge on any atom is -0.490 e. The SMILES string of the molecule is CC(C)Oc1ccccc1/C=C1/SC(=N)NC1=O. The molecule has 0 bridgehead atoms. The summed E-state index contributed by atoms with van der Waals surface area (Å²) < 4.78 is 5.68. The Labute approximate surface area is 110 Å². The van der Waals surface area contributed by atoms with Gasteiger partial charge in [-0.1, -0.05) is 18.2 Å². The van der Waals surface area contributed by atoms with Gasteiger partial charge in [0.15, 0.2) is 5.17 Å². The highest BCUT2D eigenvalue weighted by atomic mass is 32.2. The van der Waals surface area contributed by atoms with E-state index in [-0.39, 0.29) is 17.2 Å². The highest BCUT2D eigenvalue weighted by Crippen LogP contribution is 2.28. The van der Waals surface area contributed by atoms with Crippen molar-refractivity contribution >= 4 is 28.9 Å². The number of amides is 1. The number of thioether (sulfide) groups is 1. The van der Waals surface area contributed by atoms with E-state index in [0.717, 1.165) is 23.1 Å². The van der Waals surface area contributed by atoms with Crippen molar-refractivity contribution in [2.75, 3.05) is 0 Å². The molecule has 1 amide bonds. The van der Waals surface area contributed by atoms with Gasteiger partial charge in [0.1, 0.15) is 5.75 Å². The molecule has 0 spiro atoms. The Morgan fingerprint density at radius 2 is 2.11 bits per heavy atom. The number of hydrogen-bond donors (Lipinski definition) is 2. The second-order valence-electron chi connectivity index (χ2n) is 4.10. The van der Waals surface area contributed by atoms with Crippen molar-refractivity contribution in [3.63, 3.8) is 0 Å². The maximum atomic E-state index is 11.5. The first-order valence-corrected chi connectivity index (χ1v) is 6.43. The molecule has 4 nitrogen and oxygen atoms in total. The van der Waals surface area contributed by atoms with Gasteiger partial charge in [-0.3, -0.25) is 10.2 Å². The predicted molar refractivity (Wildman–Crippen MR) is 73.6 cm³/mol. The molecule has 94 valence electrons. The second-order valence-corrected chi connectivity index (χ2v) is 5.15. The molecule has 1 saturated heterocycles. The van der Waals surface area contributed by atoms with Crippen molar-refractivity contribution in [3.8, 4) is 5.75 Å². The Morgan fingerprint density at radius 1 is 1.39 bits per heavy atom. The van der Waals surface area contributed by atoms with Crippen LogP contribution in [0, 0.1) is 5.41 Å². The molecule has 0 aliphatic carbocycles. The van der Waals surface area contributed by atoms with Gasteiger partial charge < -0.3 is 10.1 Å². The Balaban J connectivity index is 2.31. The molecule has 0 aromatic heterocycles. The fraction of sp³-hybridized carbons (Fsp3) is 0.231. The molecule has 0 saturated carbocycles. The third-order valence-electron chi connectivity index (χ3n) is 2.23. The highest BCUT2D eigenvalue weighted by Gasteiger charge is 2.22. The Hall–Kier alpha value is -1.75. The van der Waals surface area contributed by atoms with E-state index in [1.807, 2.05) is 38.1 Å². The molecule has 0 radical (unpaired) electrons. The zero-order chi connectivity index (χ0) is 13.1. The molecular weight excluding hydrogens is 248 g/mol. The number of carbonyl (C=O) groups is 1. The Morgan fingerprint density at radius 3 is 2.72 bits per heavy atom. The lowest BCUT2D eigenvalue weighted by atomic mass is 10.2. The van der Waals surface area contributed by atoms with Crippen LogP contribution in [0.3, 0.4) is 0 Å². The van der Waals surface area contributed by atoms with Crippen molar-refractivity contribution in [2.45, 2.75) is 20.0 Å². The van der Waals surface area contributed by atoms with Crippen LogP contribution in [0.4, 0.5) is 0 Å². The number of rotatable bonds is 3. The molecule has 1 heterocycles. The van der Waals surface area contributed by atoms with Gasteiger partial charge in [0.25, 0.3) is 5.91 Å². The van der Waals surface area contributed by atoms with E-state index < -0.39 is 0 Å². The van der Waals surface area contributed by atoms with Crippen molar-refractivity contribution in [3.05, 3.63) is 34.7 Å². The van der Waals surface area contributed by atoms with Gasteiger partial charge >= 0.3 is 0 Å². The van der Waals surface area contributed by atoms with Crippen molar-refractivity contribution in [1.82, 2.24) is 5.32 Å². The Bertz CT molecular complexity index is 523. The highest BCUT2D eigenvalue weighted by molar-refractivity contribution is 8.18. The van der Waals surface area contributed by atoms with Crippen LogP contribution in [-0.4, -0.2) is 17.2 Å². The molecule has 5 heteroatoms. The first kappa shape index (κ1) is 12.7. The smallest absolute Gasteiger partial charge is 0.264 e. The molecule has 2 rings (SSSR count). The third-order valence-corrected chi connectivity index (χ3v) is 3.06. The molecule has 1 fully saturated rings. The number of hydrogen-bond acceptors (Lipinski definition) is 4. The average Bonchev–Trinajstić information content (AvgIpc) is 2.59. The molecule has 1 aliphatic rings. The van der Waals surface area contributed by atoms with Gasteiger partial charge in [0.2, 0.25) is 0 Å². The van der Waals surface area contributed by atoms with E-state index in [1.54, 1.807) is 6.08 Å². The van der Waals surface area contributed by atoms with Crippen LogP contribution in [0.1, 0.15) is 19.4 Å². The summed E-state index contributed by atoms with van der Waals surface area (Å²) in [6, 6.07) is 7.54. The maximum absolute atomic E-state index is 11.5. The summed E-state index contributed by atoms with van der Waals surface area (Å²) in [5.74, 6) is 0.510. The summed E-state index contributed by atoms with van der Waals surface area (Å²) in [7, 11) is 0. The lowest BCUT2D eigenvalue weighted by Gasteiger charge is -2.12. The standard InChI is InChI=1S/C13H14N2O2S/c1-8(2)17-10-6-4-3-5-9(10)7-11-12(16)15-13(14)18-11/h3-8H,1-2H3,(H2,14,15,16)/b11-7+. The maximum Gasteiger partial charge on any atom is 0.264 e. The fourth-order valence-corrected chi connectivity index (χ4v) is 2.24. The zero-order valence-electron chi connectivity index (χ0n) is 10.2. The van der Waals surface area contributed by atoms with Gasteiger partial charge in [0.05, 0.1) is 11.0 Å². The molecule has 2 N–H and O–H groups in total. The number of para-hydroxylation sites is 1. The zero-order valence-corrected chi connectivity index (χ0v) is 11.0. The van der Waals surface area contributed by atoms with Crippen LogP contribution in [0.25, 0.3) is 6.08 Å². The molecule has 1 aliphatic heterocycles. The molecule has 0 atom stereocenters. The van der Waals surface area contributed by atoms with Gasteiger partial charge in [-0.05, 0) is 37.8 Å². The monoisotopic (exact) mass is 262 g/mol. The average molecular weight is 262 g/mol. The van der Waals surface area contributed by atoms with Crippen LogP contribution in [0.2, 0.25) is 0 Å². The van der Waals surface area contributed by atoms with Crippen LogP contribution in [0.15, 0.2) is 29.2 Å². The number of benzene rings is 1. The minimum atomic E-state index is -0.232. The molecule has 1 aromatic rings. The summed E-state index contributed by atoms with van der Waals surface area (Å²) in [5.41, 5.74) is 0.846. The van der Waals surface area contributed by atoms with E-state index >= 15 is 0 Å². The van der Waals surface area contributed by atoms with Crippen molar-refractivity contribution < 1.29 is 9.53 Å². The lowest BCUT2D eigenvalue weighted by molar-refractivity contribution is -0.115. The van der Waals surface area contributed by atoms with E-state index in [4.69, 9.17) is 10.1 Å². The van der Waals surface area contributed by atoms with Crippen LogP contribution < -0.4 is 10.1 Å². The largest absolute Gasteiger partial charge is 0.490 e. The number of ether oxygens (including phenoxy) is 1. The summed E-state index contributed by atoms with van der Waals surface area (Å²) >= 11 is 1.12. The first-order valence-electron chi connectivity index (χ1n) is 5.61. The normalized spacial score (nSPS) is 17.4. The number of nitrogens with one attached hydrogen (secondary N) is 2. The van der Waals surface area contributed by atoms with Gasteiger partial charge in [-0.25, -0.2) is 0 Å². The van der Waals surface area contributed by atoms with Crippen LogP contribution >= 0.6 is 11.8 Å². The molecular formula is C13H14N2O2S. The summed E-state index contributed by atoms with van der Waals surface area (Å²) in [5, 5.41) is 10.0. The van der Waals surface area contributed by atoms with E-state index in [0.29, 0.717) is 4.91 Å². The third kappa shape index (κ3) is 2.92. The summed E-state index contributed by atoms with van der Waals surface area (Å²) in [6.07, 6.45) is 1.83. The first-order chi connectivity index (χ1) is 8.56.